The second kappa shape index (κ2) is 5.20. The van der Waals surface area contributed by atoms with E-state index in [1.165, 1.54) is 0 Å². The zero-order valence-electron chi connectivity index (χ0n) is 8.25. The van der Waals surface area contributed by atoms with Gasteiger partial charge in [0.2, 0.25) is 0 Å². The summed E-state index contributed by atoms with van der Waals surface area (Å²) in [4.78, 5) is 0. The summed E-state index contributed by atoms with van der Waals surface area (Å²) in [6, 6.07) is 7.64. The van der Waals surface area contributed by atoms with Crippen LogP contribution in [0.3, 0.4) is 0 Å². The minimum atomic E-state index is 0.517. The Labute approximate surface area is 98.0 Å². The number of nitrogens with zero attached hydrogens (tertiary/aromatic N) is 1. The molecule has 0 N–H and O–H groups in total. The average molecular weight is 301 g/mol. The highest BCUT2D eigenvalue weighted by Crippen LogP contribution is 2.19. The summed E-state index contributed by atoms with van der Waals surface area (Å²) in [5.74, 6) is 1.35. The van der Waals surface area contributed by atoms with Crippen LogP contribution in [-0.2, 0) is 0 Å². The third-order valence-corrected chi connectivity index (χ3v) is 2.54. The summed E-state index contributed by atoms with van der Waals surface area (Å²) < 4.78 is 6.47. The van der Waals surface area contributed by atoms with E-state index in [1.54, 1.807) is 6.07 Å². The van der Waals surface area contributed by atoms with Gasteiger partial charge in [-0.15, -0.1) is 0 Å². The monoisotopic (exact) mass is 301 g/mol. The summed E-state index contributed by atoms with van der Waals surface area (Å²) in [6.45, 7) is 4.92. The Morgan fingerprint density at radius 2 is 2.21 bits per heavy atom. The first-order chi connectivity index (χ1) is 6.63. The molecule has 0 aliphatic carbocycles. The van der Waals surface area contributed by atoms with Crippen LogP contribution < -0.4 is 4.74 Å². The first-order valence-corrected chi connectivity index (χ1v) is 5.54. The molecule has 0 aliphatic rings. The van der Waals surface area contributed by atoms with Crippen molar-refractivity contribution in [2.75, 3.05) is 6.61 Å². The van der Waals surface area contributed by atoms with Gasteiger partial charge in [0.25, 0.3) is 0 Å². The lowest BCUT2D eigenvalue weighted by Crippen LogP contribution is -2.04. The van der Waals surface area contributed by atoms with Crippen LogP contribution in [0.4, 0.5) is 0 Å². The standard InChI is InChI=1S/C11H12INO/c1-8(2)7-14-10-4-3-9(6-13)11(12)5-10/h3-5,8H,7H2,1-2H3. The van der Waals surface area contributed by atoms with Crippen LogP contribution in [0.2, 0.25) is 0 Å². The Hall–Kier alpha value is -0.760. The highest BCUT2D eigenvalue weighted by molar-refractivity contribution is 14.1. The van der Waals surface area contributed by atoms with Crippen LogP contribution in [0.25, 0.3) is 0 Å². The number of nitriles is 1. The lowest BCUT2D eigenvalue weighted by Gasteiger charge is -2.08. The highest BCUT2D eigenvalue weighted by Gasteiger charge is 2.01. The molecule has 0 bridgehead atoms. The average Bonchev–Trinajstić information content (AvgIpc) is 2.15. The summed E-state index contributed by atoms with van der Waals surface area (Å²) in [5, 5.41) is 8.73. The van der Waals surface area contributed by atoms with Crippen molar-refractivity contribution in [1.29, 1.82) is 5.26 Å². The first-order valence-electron chi connectivity index (χ1n) is 4.46. The van der Waals surface area contributed by atoms with Gasteiger partial charge in [0.1, 0.15) is 11.8 Å². The quantitative estimate of drug-likeness (QED) is 0.803. The molecule has 0 spiro atoms. The summed E-state index contributed by atoms with van der Waals surface area (Å²) in [6.07, 6.45) is 0. The summed E-state index contributed by atoms with van der Waals surface area (Å²) in [5.41, 5.74) is 0.697. The minimum absolute atomic E-state index is 0.517. The van der Waals surface area contributed by atoms with Crippen molar-refractivity contribution in [3.8, 4) is 11.8 Å². The molecule has 0 atom stereocenters. The van der Waals surface area contributed by atoms with E-state index in [4.69, 9.17) is 10.00 Å². The van der Waals surface area contributed by atoms with Crippen molar-refractivity contribution in [1.82, 2.24) is 0 Å². The van der Waals surface area contributed by atoms with Gasteiger partial charge in [-0.2, -0.15) is 5.26 Å². The largest absolute Gasteiger partial charge is 0.493 e. The van der Waals surface area contributed by atoms with E-state index in [-0.39, 0.29) is 0 Å². The van der Waals surface area contributed by atoms with Crippen molar-refractivity contribution in [3.05, 3.63) is 27.3 Å². The SMILES string of the molecule is CC(C)COc1ccc(C#N)c(I)c1. The van der Waals surface area contributed by atoms with Gasteiger partial charge in [-0.25, -0.2) is 0 Å². The second-order valence-corrected chi connectivity index (χ2v) is 4.62. The third-order valence-electron chi connectivity index (χ3n) is 1.64. The van der Waals surface area contributed by atoms with E-state index >= 15 is 0 Å². The fourth-order valence-electron chi connectivity index (χ4n) is 0.939. The van der Waals surface area contributed by atoms with E-state index in [2.05, 4.69) is 42.5 Å². The molecule has 1 aromatic rings. The van der Waals surface area contributed by atoms with Gasteiger partial charge in [-0.1, -0.05) is 13.8 Å². The highest BCUT2D eigenvalue weighted by atomic mass is 127. The smallest absolute Gasteiger partial charge is 0.120 e. The van der Waals surface area contributed by atoms with Crippen molar-refractivity contribution < 1.29 is 4.74 Å². The van der Waals surface area contributed by atoms with Gasteiger partial charge in [-0.3, -0.25) is 0 Å². The normalized spacial score (nSPS) is 9.93. The molecule has 74 valence electrons. The van der Waals surface area contributed by atoms with Gasteiger partial charge in [0, 0.05) is 3.57 Å². The molecule has 0 saturated heterocycles. The zero-order valence-corrected chi connectivity index (χ0v) is 10.4. The van der Waals surface area contributed by atoms with E-state index in [1.807, 2.05) is 12.1 Å². The maximum absolute atomic E-state index is 8.73. The molecular weight excluding hydrogens is 289 g/mol. The van der Waals surface area contributed by atoms with Crippen molar-refractivity contribution >= 4 is 22.6 Å². The topological polar surface area (TPSA) is 33.0 Å². The predicted molar refractivity (Wildman–Crippen MR) is 64.2 cm³/mol. The molecule has 0 unspecified atom stereocenters. The fourth-order valence-corrected chi connectivity index (χ4v) is 1.55. The second-order valence-electron chi connectivity index (χ2n) is 3.46. The summed E-state index contributed by atoms with van der Waals surface area (Å²) >= 11 is 2.14. The predicted octanol–water partition coefficient (Wildman–Crippen LogP) is 3.20. The van der Waals surface area contributed by atoms with Gasteiger partial charge in [0.15, 0.2) is 0 Å². The molecule has 2 nitrogen and oxygen atoms in total. The molecule has 0 fully saturated rings. The molecule has 14 heavy (non-hydrogen) atoms. The number of rotatable bonds is 3. The lowest BCUT2D eigenvalue weighted by atomic mass is 10.2. The molecule has 1 aromatic carbocycles. The van der Waals surface area contributed by atoms with Crippen LogP contribution in [0, 0.1) is 20.8 Å². The Bertz CT molecular complexity index is 355. The van der Waals surface area contributed by atoms with Gasteiger partial charge >= 0.3 is 0 Å². The van der Waals surface area contributed by atoms with Crippen LogP contribution in [-0.4, -0.2) is 6.61 Å². The Morgan fingerprint density at radius 1 is 1.50 bits per heavy atom. The molecule has 0 aromatic heterocycles. The van der Waals surface area contributed by atoms with Gasteiger partial charge in [-0.05, 0) is 46.7 Å². The molecule has 3 heteroatoms. The molecule has 0 heterocycles. The van der Waals surface area contributed by atoms with Crippen molar-refractivity contribution in [2.45, 2.75) is 13.8 Å². The van der Waals surface area contributed by atoms with E-state index in [0.29, 0.717) is 18.1 Å². The van der Waals surface area contributed by atoms with Gasteiger partial charge < -0.3 is 4.74 Å². The van der Waals surface area contributed by atoms with Crippen LogP contribution in [0.15, 0.2) is 18.2 Å². The Balaban J connectivity index is 2.73. The molecule has 0 aliphatic heterocycles. The van der Waals surface area contributed by atoms with E-state index in [9.17, 15) is 0 Å². The van der Waals surface area contributed by atoms with Crippen LogP contribution in [0.1, 0.15) is 19.4 Å². The molecule has 0 saturated carbocycles. The van der Waals surface area contributed by atoms with Crippen LogP contribution >= 0.6 is 22.6 Å². The Kier molecular flexibility index (Phi) is 4.21. The van der Waals surface area contributed by atoms with Crippen LogP contribution in [0.5, 0.6) is 5.75 Å². The van der Waals surface area contributed by atoms with Gasteiger partial charge in [0.05, 0.1) is 12.2 Å². The van der Waals surface area contributed by atoms with Crippen molar-refractivity contribution in [2.24, 2.45) is 5.92 Å². The number of hydrogen-bond acceptors (Lipinski definition) is 2. The molecule has 0 amide bonds. The number of hydrogen-bond donors (Lipinski definition) is 0. The van der Waals surface area contributed by atoms with E-state index in [0.717, 1.165) is 9.32 Å². The zero-order chi connectivity index (χ0) is 10.6. The number of benzene rings is 1. The number of halogens is 1. The molecule has 0 radical (unpaired) electrons. The molecule has 1 rings (SSSR count). The maximum atomic E-state index is 8.73. The molecular formula is C11H12INO. The first kappa shape index (κ1) is 11.3. The third kappa shape index (κ3) is 3.18. The van der Waals surface area contributed by atoms with Crippen molar-refractivity contribution in [3.63, 3.8) is 0 Å². The Morgan fingerprint density at radius 3 is 2.71 bits per heavy atom. The number of ether oxygens (including phenoxy) is 1. The summed E-state index contributed by atoms with van der Waals surface area (Å²) in [7, 11) is 0. The minimum Gasteiger partial charge on any atom is -0.493 e. The van der Waals surface area contributed by atoms with E-state index < -0.39 is 0 Å². The maximum Gasteiger partial charge on any atom is 0.120 e. The fraction of sp³-hybridized carbons (Fsp3) is 0.364. The lowest BCUT2D eigenvalue weighted by molar-refractivity contribution is 0.271.